The summed E-state index contributed by atoms with van der Waals surface area (Å²) in [6.07, 6.45) is 9.85. The number of carbonyl (C=O) groups is 1. The second-order valence-electron chi connectivity index (χ2n) is 5.15. The lowest BCUT2D eigenvalue weighted by Crippen LogP contribution is -2.19. The molecule has 0 saturated heterocycles. The van der Waals surface area contributed by atoms with Crippen LogP contribution in [0.1, 0.15) is 21.5 Å². The van der Waals surface area contributed by atoms with Crippen molar-refractivity contribution in [3.63, 3.8) is 0 Å². The molecule has 2 aromatic rings. The van der Waals surface area contributed by atoms with Gasteiger partial charge in [-0.05, 0) is 47.0 Å². The molecule has 1 aromatic carbocycles. The highest BCUT2D eigenvalue weighted by atomic mass is 16.4. The molecule has 0 atom stereocenters. The van der Waals surface area contributed by atoms with Crippen molar-refractivity contribution < 1.29 is 9.90 Å². The van der Waals surface area contributed by atoms with Gasteiger partial charge in [-0.3, -0.25) is 4.98 Å². The van der Waals surface area contributed by atoms with E-state index in [0.717, 1.165) is 17.7 Å². The van der Waals surface area contributed by atoms with Crippen LogP contribution in [-0.4, -0.2) is 27.5 Å². The van der Waals surface area contributed by atoms with Gasteiger partial charge in [-0.15, -0.1) is 0 Å². The summed E-state index contributed by atoms with van der Waals surface area (Å²) in [6, 6.07) is 11.0. The Morgan fingerprint density at radius 1 is 1.23 bits per heavy atom. The normalized spacial score (nSPS) is 13.8. The molecule has 1 aliphatic heterocycles. The summed E-state index contributed by atoms with van der Waals surface area (Å²) < 4.78 is 0. The number of hydrogen-bond acceptors (Lipinski definition) is 3. The molecule has 3 rings (SSSR count). The highest BCUT2D eigenvalue weighted by Crippen LogP contribution is 2.20. The van der Waals surface area contributed by atoms with Crippen molar-refractivity contribution in [2.75, 3.05) is 6.54 Å². The molecular weight excluding hydrogens is 276 g/mol. The first-order valence-corrected chi connectivity index (χ1v) is 7.07. The number of nitrogens with zero attached hydrogens (tertiary/aromatic N) is 2. The minimum absolute atomic E-state index is 0.325. The molecule has 1 N–H and O–H groups in total. The Balaban J connectivity index is 1.68. The molecule has 1 aliphatic rings. The van der Waals surface area contributed by atoms with Gasteiger partial charge in [0.2, 0.25) is 0 Å². The number of carboxylic acids is 1. The molecule has 0 saturated carbocycles. The summed E-state index contributed by atoms with van der Waals surface area (Å²) in [7, 11) is 0. The third-order valence-electron chi connectivity index (χ3n) is 3.58. The third kappa shape index (κ3) is 3.23. The van der Waals surface area contributed by atoms with E-state index < -0.39 is 5.97 Å². The summed E-state index contributed by atoms with van der Waals surface area (Å²) in [5, 5.41) is 9.03. The van der Waals surface area contributed by atoms with Crippen LogP contribution in [0.2, 0.25) is 0 Å². The Bertz CT molecular complexity index is 736. The number of aromatic nitrogens is 1. The number of pyridine rings is 1. The van der Waals surface area contributed by atoms with E-state index in [2.05, 4.69) is 22.0 Å². The van der Waals surface area contributed by atoms with Gasteiger partial charge in [-0.25, -0.2) is 4.79 Å². The lowest BCUT2D eigenvalue weighted by atomic mass is 10.0. The maximum atomic E-state index is 11.0. The monoisotopic (exact) mass is 292 g/mol. The van der Waals surface area contributed by atoms with Crippen molar-refractivity contribution in [2.24, 2.45) is 0 Å². The fraction of sp³-hybridized carbons (Fsp3) is 0.111. The van der Waals surface area contributed by atoms with E-state index in [1.54, 1.807) is 30.6 Å². The minimum Gasteiger partial charge on any atom is -0.478 e. The third-order valence-corrected chi connectivity index (χ3v) is 3.58. The van der Waals surface area contributed by atoms with Crippen LogP contribution >= 0.6 is 0 Å². The summed E-state index contributed by atoms with van der Waals surface area (Å²) in [4.78, 5) is 17.2. The van der Waals surface area contributed by atoms with Crippen molar-refractivity contribution >= 4 is 11.5 Å². The SMILES string of the molecule is O=C(O)c1cccc(CN2C=CC(c3ccncc3)=CC2)c1. The number of aromatic carboxylic acids is 1. The zero-order chi connectivity index (χ0) is 15.4. The van der Waals surface area contributed by atoms with Crippen molar-refractivity contribution in [1.29, 1.82) is 0 Å². The number of benzene rings is 1. The second-order valence-corrected chi connectivity index (χ2v) is 5.15. The number of hydrogen-bond donors (Lipinski definition) is 1. The van der Waals surface area contributed by atoms with Crippen LogP contribution in [0.4, 0.5) is 0 Å². The number of allylic oxidation sites excluding steroid dienone is 2. The highest BCUT2D eigenvalue weighted by Gasteiger charge is 2.08. The van der Waals surface area contributed by atoms with Crippen LogP contribution in [0.5, 0.6) is 0 Å². The first kappa shape index (κ1) is 14.1. The average molecular weight is 292 g/mol. The Morgan fingerprint density at radius 3 is 2.73 bits per heavy atom. The topological polar surface area (TPSA) is 53.4 Å². The zero-order valence-corrected chi connectivity index (χ0v) is 12.0. The minimum atomic E-state index is -0.893. The molecule has 0 amide bonds. The Labute approximate surface area is 129 Å². The second kappa shape index (κ2) is 6.26. The lowest BCUT2D eigenvalue weighted by Gasteiger charge is -2.23. The van der Waals surface area contributed by atoms with Gasteiger partial charge in [-0.1, -0.05) is 18.2 Å². The Kier molecular flexibility index (Phi) is 4.01. The van der Waals surface area contributed by atoms with Crippen LogP contribution in [0.3, 0.4) is 0 Å². The first-order valence-electron chi connectivity index (χ1n) is 7.07. The smallest absolute Gasteiger partial charge is 0.335 e. The molecule has 110 valence electrons. The Hall–Kier alpha value is -2.88. The van der Waals surface area contributed by atoms with E-state index in [0.29, 0.717) is 12.1 Å². The van der Waals surface area contributed by atoms with E-state index >= 15 is 0 Å². The average Bonchev–Trinajstić information content (AvgIpc) is 2.56. The van der Waals surface area contributed by atoms with Gasteiger partial charge in [0.1, 0.15) is 0 Å². The molecule has 2 heterocycles. The van der Waals surface area contributed by atoms with Gasteiger partial charge in [0, 0.05) is 31.7 Å². The quantitative estimate of drug-likeness (QED) is 0.940. The molecule has 0 fully saturated rings. The summed E-state index contributed by atoms with van der Waals surface area (Å²) in [5.41, 5.74) is 3.65. The zero-order valence-electron chi connectivity index (χ0n) is 12.0. The van der Waals surface area contributed by atoms with Gasteiger partial charge >= 0.3 is 5.97 Å². The first-order chi connectivity index (χ1) is 10.7. The van der Waals surface area contributed by atoms with Crippen molar-refractivity contribution in [3.8, 4) is 0 Å². The van der Waals surface area contributed by atoms with Crippen LogP contribution in [0.15, 0.2) is 67.1 Å². The molecule has 0 spiro atoms. The van der Waals surface area contributed by atoms with E-state index in [4.69, 9.17) is 5.11 Å². The van der Waals surface area contributed by atoms with Crippen LogP contribution in [-0.2, 0) is 6.54 Å². The Morgan fingerprint density at radius 2 is 2.05 bits per heavy atom. The van der Waals surface area contributed by atoms with E-state index in [1.165, 1.54) is 5.57 Å². The van der Waals surface area contributed by atoms with Gasteiger partial charge in [0.25, 0.3) is 0 Å². The molecule has 0 unspecified atom stereocenters. The molecule has 4 heteroatoms. The van der Waals surface area contributed by atoms with E-state index in [9.17, 15) is 4.79 Å². The predicted molar refractivity (Wildman–Crippen MR) is 85.2 cm³/mol. The van der Waals surface area contributed by atoms with Gasteiger partial charge in [-0.2, -0.15) is 0 Å². The number of rotatable bonds is 4. The number of carboxylic acid groups (broad SMARTS) is 1. The van der Waals surface area contributed by atoms with Crippen molar-refractivity contribution in [3.05, 3.63) is 83.8 Å². The fourth-order valence-corrected chi connectivity index (χ4v) is 2.44. The van der Waals surface area contributed by atoms with Crippen LogP contribution < -0.4 is 0 Å². The summed E-state index contributed by atoms with van der Waals surface area (Å²) >= 11 is 0. The van der Waals surface area contributed by atoms with Gasteiger partial charge < -0.3 is 10.0 Å². The van der Waals surface area contributed by atoms with E-state index in [-0.39, 0.29) is 0 Å². The maximum Gasteiger partial charge on any atom is 0.335 e. The molecule has 22 heavy (non-hydrogen) atoms. The van der Waals surface area contributed by atoms with Gasteiger partial charge in [0.15, 0.2) is 0 Å². The van der Waals surface area contributed by atoms with Crippen molar-refractivity contribution in [2.45, 2.75) is 6.54 Å². The molecule has 0 radical (unpaired) electrons. The fourth-order valence-electron chi connectivity index (χ4n) is 2.44. The largest absolute Gasteiger partial charge is 0.478 e. The molecular formula is C18H16N2O2. The van der Waals surface area contributed by atoms with Gasteiger partial charge in [0.05, 0.1) is 5.56 Å². The molecule has 0 aliphatic carbocycles. The highest BCUT2D eigenvalue weighted by molar-refractivity contribution is 5.87. The molecule has 4 nitrogen and oxygen atoms in total. The summed E-state index contributed by atoms with van der Waals surface area (Å²) in [6.45, 7) is 1.49. The predicted octanol–water partition coefficient (Wildman–Crippen LogP) is 3.19. The van der Waals surface area contributed by atoms with Crippen LogP contribution in [0.25, 0.3) is 5.57 Å². The molecule has 0 bridgehead atoms. The summed E-state index contributed by atoms with van der Waals surface area (Å²) in [5.74, 6) is -0.893. The van der Waals surface area contributed by atoms with Crippen molar-refractivity contribution in [1.82, 2.24) is 9.88 Å². The molecule has 1 aromatic heterocycles. The maximum absolute atomic E-state index is 11.0. The van der Waals surface area contributed by atoms with E-state index in [1.807, 2.05) is 24.4 Å². The van der Waals surface area contributed by atoms with Crippen LogP contribution in [0, 0.1) is 0 Å². The lowest BCUT2D eigenvalue weighted by molar-refractivity contribution is 0.0696. The standard InChI is InChI=1S/C18H16N2O2/c21-18(22)17-3-1-2-14(12-17)13-20-10-6-16(7-11-20)15-4-8-19-9-5-15/h1-10,12H,11,13H2,(H,21,22).